The van der Waals surface area contributed by atoms with E-state index in [0.717, 1.165) is 12.2 Å². The molecule has 0 aliphatic heterocycles. The maximum Gasteiger partial charge on any atom is 0.191 e. The fourth-order valence-corrected chi connectivity index (χ4v) is 3.43. The molecule has 2 heterocycles. The molecule has 3 rings (SSSR count). The van der Waals surface area contributed by atoms with Gasteiger partial charge in [0.2, 0.25) is 0 Å². The van der Waals surface area contributed by atoms with Gasteiger partial charge in [0, 0.05) is 12.2 Å². The molecule has 2 aromatic rings. The van der Waals surface area contributed by atoms with Crippen molar-refractivity contribution in [2.75, 3.05) is 5.75 Å². The highest BCUT2D eigenvalue weighted by Crippen LogP contribution is 2.33. The molecular formula is C12H16ClN5O3S. The predicted molar refractivity (Wildman–Crippen MR) is 80.8 cm³/mol. The van der Waals surface area contributed by atoms with Crippen LogP contribution >= 0.6 is 23.4 Å². The minimum Gasteiger partial charge on any atom is -0.390 e. The molecule has 0 bridgehead atoms. The number of rotatable bonds is 4. The van der Waals surface area contributed by atoms with Crippen LogP contribution in [0.5, 0.6) is 0 Å². The van der Waals surface area contributed by atoms with Gasteiger partial charge in [0.1, 0.15) is 12.2 Å². The molecule has 0 saturated heterocycles. The molecule has 1 fully saturated rings. The van der Waals surface area contributed by atoms with Crippen molar-refractivity contribution in [1.82, 2.24) is 25.0 Å². The minimum atomic E-state index is -1.21. The van der Waals surface area contributed by atoms with Gasteiger partial charge in [-0.3, -0.25) is 0 Å². The van der Waals surface area contributed by atoms with E-state index in [1.807, 2.05) is 0 Å². The van der Waals surface area contributed by atoms with Gasteiger partial charge in [0.15, 0.2) is 21.5 Å². The molecule has 22 heavy (non-hydrogen) atoms. The van der Waals surface area contributed by atoms with E-state index < -0.39 is 24.4 Å². The minimum absolute atomic E-state index is 0.167. The zero-order valence-corrected chi connectivity index (χ0v) is 13.4. The lowest BCUT2D eigenvalue weighted by molar-refractivity contribution is -0.0253. The lowest BCUT2D eigenvalue weighted by atomic mass is 10.2. The highest BCUT2D eigenvalue weighted by atomic mass is 35.5. The molecule has 0 radical (unpaired) electrons. The summed E-state index contributed by atoms with van der Waals surface area (Å²) in [4.78, 5) is 8.56. The van der Waals surface area contributed by atoms with Crippen molar-refractivity contribution in [2.24, 2.45) is 0 Å². The van der Waals surface area contributed by atoms with E-state index in [1.165, 1.54) is 16.4 Å². The summed E-state index contributed by atoms with van der Waals surface area (Å²) < 4.78 is 1.41. The summed E-state index contributed by atoms with van der Waals surface area (Å²) >= 11 is 7.58. The topological polar surface area (TPSA) is 117 Å². The Balaban J connectivity index is 2.02. The maximum atomic E-state index is 10.1. The number of halogens is 1. The van der Waals surface area contributed by atoms with E-state index in [-0.39, 0.29) is 11.6 Å². The summed E-state index contributed by atoms with van der Waals surface area (Å²) in [5.41, 5.74) is 0.731. The Morgan fingerprint density at radius 1 is 1.27 bits per heavy atom. The molecule has 10 heteroatoms. The molecule has 8 nitrogen and oxygen atoms in total. The van der Waals surface area contributed by atoms with Gasteiger partial charge in [-0.15, -0.1) is 5.10 Å². The second-order valence-corrected chi connectivity index (χ2v) is 6.62. The monoisotopic (exact) mass is 345 g/mol. The Hall–Kier alpha value is -1.00. The summed E-state index contributed by atoms with van der Waals surface area (Å²) in [7, 11) is 0. The van der Waals surface area contributed by atoms with Crippen LogP contribution in [0, 0.1) is 0 Å². The van der Waals surface area contributed by atoms with Gasteiger partial charge in [0.05, 0.1) is 12.1 Å². The normalized spacial score (nSPS) is 28.6. The summed E-state index contributed by atoms with van der Waals surface area (Å²) in [6.45, 7) is 2.05. The second kappa shape index (κ2) is 6.25. The molecule has 2 aromatic heterocycles. The van der Waals surface area contributed by atoms with Crippen LogP contribution in [0.3, 0.4) is 0 Å². The summed E-state index contributed by atoms with van der Waals surface area (Å²) in [6.07, 6.45) is -2.22. The number of hydrogen-bond acceptors (Lipinski definition) is 8. The van der Waals surface area contributed by atoms with E-state index in [9.17, 15) is 15.3 Å². The van der Waals surface area contributed by atoms with E-state index >= 15 is 0 Å². The Morgan fingerprint density at radius 3 is 2.68 bits per heavy atom. The lowest BCUT2D eigenvalue weighted by Gasteiger charge is -2.16. The fourth-order valence-electron chi connectivity index (χ4n) is 2.49. The number of aliphatic hydroxyl groups is 3. The van der Waals surface area contributed by atoms with Crippen molar-refractivity contribution < 1.29 is 15.3 Å². The molecule has 1 aliphatic carbocycles. The highest BCUT2D eigenvalue weighted by molar-refractivity contribution is 7.99. The van der Waals surface area contributed by atoms with Gasteiger partial charge in [-0.2, -0.15) is 0 Å². The van der Waals surface area contributed by atoms with Gasteiger partial charge in [0.25, 0.3) is 0 Å². The van der Waals surface area contributed by atoms with Crippen LogP contribution in [-0.4, -0.2) is 64.3 Å². The van der Waals surface area contributed by atoms with Crippen molar-refractivity contribution >= 4 is 34.5 Å². The van der Waals surface area contributed by atoms with Crippen molar-refractivity contribution in [1.29, 1.82) is 0 Å². The van der Waals surface area contributed by atoms with Crippen LogP contribution in [0.15, 0.2) is 5.16 Å². The number of aliphatic hydroxyl groups excluding tert-OH is 3. The third kappa shape index (κ3) is 2.67. The number of fused-ring (bicyclic) bond motifs is 1. The summed E-state index contributed by atoms with van der Waals surface area (Å²) in [5, 5.41) is 38.1. The van der Waals surface area contributed by atoms with E-state index in [2.05, 4.69) is 27.2 Å². The highest BCUT2D eigenvalue weighted by Gasteiger charge is 2.43. The van der Waals surface area contributed by atoms with Crippen LogP contribution in [0.4, 0.5) is 0 Å². The molecule has 0 aromatic carbocycles. The molecule has 1 saturated carbocycles. The van der Waals surface area contributed by atoms with Crippen molar-refractivity contribution in [3.05, 3.63) is 5.15 Å². The van der Waals surface area contributed by atoms with Gasteiger partial charge < -0.3 is 15.3 Å². The first kappa shape index (κ1) is 15.9. The first-order chi connectivity index (χ1) is 10.5. The summed E-state index contributed by atoms with van der Waals surface area (Å²) in [5.74, 6) is 0.854. The largest absolute Gasteiger partial charge is 0.390 e. The van der Waals surface area contributed by atoms with Crippen LogP contribution in [-0.2, 0) is 0 Å². The second-order valence-electron chi connectivity index (χ2n) is 5.20. The van der Waals surface area contributed by atoms with Crippen LogP contribution in [0.1, 0.15) is 25.8 Å². The van der Waals surface area contributed by atoms with Crippen molar-refractivity contribution in [3.63, 3.8) is 0 Å². The van der Waals surface area contributed by atoms with Gasteiger partial charge in [-0.1, -0.05) is 35.5 Å². The fraction of sp³-hybridized carbons (Fsp3) is 0.667. The molecule has 1 aliphatic rings. The zero-order valence-electron chi connectivity index (χ0n) is 11.8. The van der Waals surface area contributed by atoms with Gasteiger partial charge in [-0.25, -0.2) is 14.6 Å². The number of nitrogens with zero attached hydrogens (tertiary/aromatic N) is 5. The first-order valence-corrected chi connectivity index (χ1v) is 8.34. The maximum absolute atomic E-state index is 10.1. The number of aromatic nitrogens is 5. The quantitative estimate of drug-likeness (QED) is 0.414. The molecule has 0 amide bonds. The SMILES string of the molecule is CCCSc1nc(Cl)c2nnn([C@@H]3C[C@H](O)[C@@H](O)[C@H]3O)c2n1. The molecular weight excluding hydrogens is 330 g/mol. The average Bonchev–Trinajstić information content (AvgIpc) is 3.02. The Bertz CT molecular complexity index is 684. The zero-order chi connectivity index (χ0) is 15.9. The van der Waals surface area contributed by atoms with E-state index in [0.29, 0.717) is 16.3 Å². The van der Waals surface area contributed by atoms with Crippen molar-refractivity contribution in [2.45, 2.75) is 49.3 Å². The van der Waals surface area contributed by atoms with Crippen LogP contribution < -0.4 is 0 Å². The smallest absolute Gasteiger partial charge is 0.191 e. The Morgan fingerprint density at radius 2 is 2.05 bits per heavy atom. The van der Waals surface area contributed by atoms with Gasteiger partial charge >= 0.3 is 0 Å². The average molecular weight is 346 g/mol. The lowest BCUT2D eigenvalue weighted by Crippen LogP contribution is -2.31. The van der Waals surface area contributed by atoms with Crippen LogP contribution in [0.2, 0.25) is 5.15 Å². The van der Waals surface area contributed by atoms with Gasteiger partial charge in [-0.05, 0) is 6.42 Å². The molecule has 120 valence electrons. The van der Waals surface area contributed by atoms with E-state index in [1.54, 1.807) is 0 Å². The number of thioether (sulfide) groups is 1. The van der Waals surface area contributed by atoms with E-state index in [4.69, 9.17) is 11.6 Å². The standard InChI is InChI=1S/C12H16ClN5O3S/c1-2-3-22-12-14-10(13)7-11(15-12)18(17-16-7)5-4-6(19)9(21)8(5)20/h5-6,8-9,19-21H,2-4H2,1H3/t5-,6+,8+,9-/m1/s1. The molecule has 0 unspecified atom stereocenters. The number of hydrogen-bond donors (Lipinski definition) is 3. The molecule has 3 N–H and O–H groups in total. The summed E-state index contributed by atoms with van der Waals surface area (Å²) in [6, 6.07) is -0.606. The third-order valence-electron chi connectivity index (χ3n) is 3.63. The van der Waals surface area contributed by atoms with Crippen molar-refractivity contribution in [3.8, 4) is 0 Å². The third-order valence-corrected chi connectivity index (χ3v) is 4.95. The Labute approximate surface area is 135 Å². The predicted octanol–water partition coefficient (Wildman–Crippen LogP) is 0.404. The van der Waals surface area contributed by atoms with Crippen LogP contribution in [0.25, 0.3) is 11.2 Å². The first-order valence-electron chi connectivity index (χ1n) is 6.98. The Kier molecular flexibility index (Phi) is 4.51. The molecule has 4 atom stereocenters. The molecule has 0 spiro atoms.